The third-order valence-electron chi connectivity index (χ3n) is 12.7. The first-order valence-electron chi connectivity index (χ1n) is 23.5. The van der Waals surface area contributed by atoms with Crippen LogP contribution >= 0.6 is 11.3 Å². The fourth-order valence-corrected chi connectivity index (χ4v) is 10.6. The van der Waals surface area contributed by atoms with Gasteiger partial charge in [0.1, 0.15) is 23.1 Å². The highest BCUT2D eigenvalue weighted by atomic mass is 32.1. The van der Waals surface area contributed by atoms with Crippen LogP contribution in [-0.2, 0) is 20.8 Å². The number of benzene rings is 4. The molecule has 0 amide bonds. The van der Waals surface area contributed by atoms with Crippen molar-refractivity contribution in [2.24, 2.45) is 11.8 Å². The molecule has 0 fully saturated rings. The van der Waals surface area contributed by atoms with Crippen LogP contribution in [0, 0.1) is 18.8 Å². The molecule has 0 spiro atoms. The Bertz CT molecular complexity index is 3170. The number of ether oxygens (including phenoxy) is 7. The lowest BCUT2D eigenvalue weighted by Gasteiger charge is -2.30. The molecule has 1 aliphatic carbocycles. The molecule has 380 valence electrons. The lowest BCUT2D eigenvalue weighted by atomic mass is 9.78. The molecule has 4 aliphatic rings. The van der Waals surface area contributed by atoms with Crippen LogP contribution in [0.1, 0.15) is 101 Å². The summed E-state index contributed by atoms with van der Waals surface area (Å²) in [7, 11) is 1.49. The van der Waals surface area contributed by atoms with Gasteiger partial charge in [-0.3, -0.25) is 9.59 Å². The smallest absolute Gasteiger partial charge is 0.497 e. The number of methoxy groups -OCH3 is 1. The number of aryl methyl sites for hydroxylation is 1. The van der Waals surface area contributed by atoms with E-state index in [1.807, 2.05) is 71.0 Å². The molecule has 2 aromatic heterocycles. The number of hydrogen-bond donors (Lipinski definition) is 4. The molecule has 0 bridgehead atoms. The minimum atomic E-state index is -3.82. The van der Waals surface area contributed by atoms with Gasteiger partial charge in [0, 0.05) is 44.3 Å². The number of hydrogen-bond acceptors (Lipinski definition) is 13. The van der Waals surface area contributed by atoms with E-state index >= 15 is 0 Å². The van der Waals surface area contributed by atoms with Crippen LogP contribution in [0.4, 0.5) is 14.6 Å². The van der Waals surface area contributed by atoms with Gasteiger partial charge in [0.05, 0.1) is 36.3 Å². The summed E-state index contributed by atoms with van der Waals surface area (Å²) >= 11 is 1.55. The molecule has 10 rings (SSSR count). The predicted octanol–water partition coefficient (Wildman–Crippen LogP) is 11.1. The minimum Gasteiger partial charge on any atom is -0.497 e. The van der Waals surface area contributed by atoms with Crippen molar-refractivity contribution in [3.8, 4) is 40.2 Å². The second-order valence-electron chi connectivity index (χ2n) is 18.6. The molecule has 5 atom stereocenters. The molecule has 2 unspecified atom stereocenters. The van der Waals surface area contributed by atoms with Gasteiger partial charge in [0.25, 0.3) is 0 Å². The second kappa shape index (κ2) is 20.0. The van der Waals surface area contributed by atoms with E-state index < -0.39 is 54.0 Å². The van der Waals surface area contributed by atoms with Crippen molar-refractivity contribution in [1.82, 2.24) is 4.98 Å². The SMILES string of the molecule is COc1ccc([C@@H]2c3nc(NC(C)C)ccc3[C@H](c3ccc4c(c3)OC(F)(F)O4)[C@H]2C(=O)O)c(CC(C)C(=O)O)c1.Cc1ccc(C2=C(C(=O)O)C(c3ccc4c(c3)OCO4)Oc3ccc(OC(C)C)cc32)s1. The van der Waals surface area contributed by atoms with Gasteiger partial charge in [0.2, 0.25) is 6.79 Å². The maximum atomic E-state index is 13.8. The zero-order valence-corrected chi connectivity index (χ0v) is 41.5. The number of aromatic nitrogens is 1. The Morgan fingerprint density at radius 1 is 0.781 bits per heavy atom. The average molecular weight is 1020 g/mol. The van der Waals surface area contributed by atoms with E-state index in [-0.39, 0.29) is 42.4 Å². The zero-order chi connectivity index (χ0) is 52.0. The minimum absolute atomic E-state index is 0.00528. The van der Waals surface area contributed by atoms with Crippen molar-refractivity contribution in [2.75, 3.05) is 19.2 Å². The molecule has 18 heteroatoms. The third kappa shape index (κ3) is 10.2. The topological polar surface area (TPSA) is 201 Å². The van der Waals surface area contributed by atoms with Crippen molar-refractivity contribution in [2.45, 2.75) is 84.3 Å². The summed E-state index contributed by atoms with van der Waals surface area (Å²) in [6.45, 7) is 11.5. The highest BCUT2D eigenvalue weighted by Gasteiger charge is 2.50. The van der Waals surface area contributed by atoms with Gasteiger partial charge in [0.15, 0.2) is 29.1 Å². The molecule has 0 saturated carbocycles. The number of halogens is 2. The highest BCUT2D eigenvalue weighted by Crippen LogP contribution is 2.55. The van der Waals surface area contributed by atoms with Crippen LogP contribution < -0.4 is 38.5 Å². The molecule has 0 saturated heterocycles. The Hall–Kier alpha value is -7.86. The second-order valence-corrected chi connectivity index (χ2v) is 19.9. The summed E-state index contributed by atoms with van der Waals surface area (Å²) in [6, 6.07) is 27.9. The molecular formula is C55H52F2N2O13S. The molecular weight excluding hydrogens is 967 g/mol. The van der Waals surface area contributed by atoms with Gasteiger partial charge in [-0.15, -0.1) is 20.1 Å². The van der Waals surface area contributed by atoms with Crippen molar-refractivity contribution in [3.63, 3.8) is 0 Å². The van der Waals surface area contributed by atoms with E-state index in [9.17, 15) is 38.5 Å². The van der Waals surface area contributed by atoms with Gasteiger partial charge in [-0.2, -0.15) is 0 Å². The van der Waals surface area contributed by atoms with E-state index in [4.69, 9.17) is 28.7 Å². The number of aliphatic carboxylic acids is 3. The number of thiophene rings is 1. The lowest BCUT2D eigenvalue weighted by Crippen LogP contribution is -2.26. The van der Waals surface area contributed by atoms with Gasteiger partial charge in [-0.1, -0.05) is 31.2 Å². The number of nitrogens with zero attached hydrogens (tertiary/aromatic N) is 1. The Labute approximate surface area is 422 Å². The molecule has 5 heterocycles. The Kier molecular flexibility index (Phi) is 13.7. The standard InChI is InChI=1S/C30H30F2N2O7.C25H22O6S/c1-14(2)33-23-10-8-20-24(16-5-9-21-22(13-16)41-30(31,32)40-21)26(29(37)38)25(27(20)34-23)19-7-6-18(39-4)12-17(19)11-15(3)28(35)36;1-13(2)30-16-6-8-18-17(11-16)22(21-9-4-14(3)32-21)23(25(26)27)24(31-18)15-5-7-19-20(10-15)29-12-28-19/h5-10,12-15,24-26H,11H2,1-4H3,(H,33,34)(H,35,36)(H,37,38);4-11,13,24H,12H2,1-3H3,(H,26,27)/t15?,24-,25-,26+;/m0./s1. The van der Waals surface area contributed by atoms with Crippen molar-refractivity contribution < 1.29 is 71.6 Å². The summed E-state index contributed by atoms with van der Waals surface area (Å²) in [4.78, 5) is 44.3. The molecule has 15 nitrogen and oxygen atoms in total. The van der Waals surface area contributed by atoms with E-state index in [2.05, 4.69) is 14.8 Å². The maximum absolute atomic E-state index is 13.8. The number of pyridine rings is 1. The maximum Gasteiger partial charge on any atom is 0.586 e. The van der Waals surface area contributed by atoms with Crippen molar-refractivity contribution in [3.05, 3.63) is 151 Å². The Morgan fingerprint density at radius 2 is 1.47 bits per heavy atom. The van der Waals surface area contributed by atoms with Crippen molar-refractivity contribution in [1.29, 1.82) is 0 Å². The van der Waals surface area contributed by atoms with Crippen LogP contribution in [0.2, 0.25) is 0 Å². The van der Waals surface area contributed by atoms with E-state index in [0.29, 0.717) is 79.2 Å². The zero-order valence-electron chi connectivity index (χ0n) is 40.7. The van der Waals surface area contributed by atoms with E-state index in [1.165, 1.54) is 19.2 Å². The summed E-state index contributed by atoms with van der Waals surface area (Å²) in [5, 5.41) is 33.9. The fourth-order valence-electron chi connectivity index (χ4n) is 9.69. The van der Waals surface area contributed by atoms with Crippen LogP contribution in [0.5, 0.6) is 40.2 Å². The summed E-state index contributed by atoms with van der Waals surface area (Å²) < 4.78 is 65.2. The number of carboxylic acids is 3. The first kappa shape index (κ1) is 50.1. The monoisotopic (exact) mass is 1020 g/mol. The van der Waals surface area contributed by atoms with Gasteiger partial charge in [-0.05, 0) is 136 Å². The van der Waals surface area contributed by atoms with Crippen molar-refractivity contribution >= 4 is 40.6 Å². The first-order valence-corrected chi connectivity index (χ1v) is 24.3. The van der Waals surface area contributed by atoms with E-state index in [1.54, 1.807) is 66.8 Å². The van der Waals surface area contributed by atoms with Gasteiger partial charge >= 0.3 is 24.2 Å². The number of carboxylic acid groups (broad SMARTS) is 3. The summed E-state index contributed by atoms with van der Waals surface area (Å²) in [6.07, 6.45) is -4.49. The number of rotatable bonds is 14. The number of carbonyl (C=O) groups is 3. The summed E-state index contributed by atoms with van der Waals surface area (Å²) in [5.41, 5.74) is 5.02. The van der Waals surface area contributed by atoms with Gasteiger partial charge < -0.3 is 53.8 Å². The van der Waals surface area contributed by atoms with Crippen LogP contribution in [0.25, 0.3) is 5.57 Å². The largest absolute Gasteiger partial charge is 0.586 e. The van der Waals surface area contributed by atoms with Crippen LogP contribution in [-0.4, -0.2) is 70.6 Å². The van der Waals surface area contributed by atoms with Crippen LogP contribution in [0.3, 0.4) is 0 Å². The molecule has 73 heavy (non-hydrogen) atoms. The van der Waals surface area contributed by atoms with Gasteiger partial charge in [-0.25, -0.2) is 9.78 Å². The Morgan fingerprint density at radius 3 is 2.15 bits per heavy atom. The molecule has 0 radical (unpaired) electrons. The molecule has 4 aromatic carbocycles. The average Bonchev–Trinajstić information content (AvgIpc) is 4.13. The normalized spacial score (nSPS) is 19.1. The summed E-state index contributed by atoms with van der Waals surface area (Å²) in [5.74, 6) is -3.34. The molecule has 6 aromatic rings. The first-order chi connectivity index (χ1) is 34.8. The molecule has 3 aliphatic heterocycles. The number of fused-ring (bicyclic) bond motifs is 4. The highest BCUT2D eigenvalue weighted by molar-refractivity contribution is 7.13. The number of anilines is 1. The lowest BCUT2D eigenvalue weighted by molar-refractivity contribution is -0.286. The quantitative estimate of drug-likeness (QED) is 0.0802. The predicted molar refractivity (Wildman–Crippen MR) is 265 cm³/mol. The van der Waals surface area contributed by atoms with E-state index in [0.717, 1.165) is 9.75 Å². The number of alkyl halides is 2. The molecule has 4 N–H and O–H groups in total. The number of nitrogens with one attached hydrogen (secondary N) is 1. The fraction of sp³-hybridized carbons (Fsp3) is 0.309. The Balaban J connectivity index is 0.000000185. The third-order valence-corrected chi connectivity index (χ3v) is 13.7. The van der Waals surface area contributed by atoms with Crippen LogP contribution in [0.15, 0.2) is 103 Å².